The number of unbranched alkanes of at least 4 members (excludes halogenated alkanes) is 23. The molecule has 0 amide bonds. The predicted octanol–water partition coefficient (Wildman–Crippen LogP) is 13.8. The molecular weight excluding hydrogens is 633 g/mol. The number of esters is 2. The lowest BCUT2D eigenvalue weighted by Crippen LogP contribution is -2.28. The average Bonchev–Trinajstić information content (AvgIpc) is 3.13. The summed E-state index contributed by atoms with van der Waals surface area (Å²) in [6.45, 7) is 4.10. The van der Waals surface area contributed by atoms with Gasteiger partial charge in [0.25, 0.3) is 0 Å². The van der Waals surface area contributed by atoms with E-state index in [0.717, 1.165) is 44.9 Å². The van der Waals surface area contributed by atoms with Crippen LogP contribution in [0.15, 0.2) is 48.6 Å². The van der Waals surface area contributed by atoms with E-state index in [9.17, 15) is 14.7 Å². The van der Waals surface area contributed by atoms with Gasteiger partial charge in [-0.05, 0) is 51.4 Å². The highest BCUT2D eigenvalue weighted by Crippen LogP contribution is 2.14. The molecule has 0 bridgehead atoms. The Morgan fingerprint density at radius 2 is 0.804 bits per heavy atom. The molecule has 0 aromatic heterocycles. The van der Waals surface area contributed by atoms with Crippen molar-refractivity contribution >= 4 is 11.9 Å². The third kappa shape index (κ3) is 40.5. The first kappa shape index (κ1) is 48.9. The maximum Gasteiger partial charge on any atom is 0.306 e. The normalized spacial score (nSPS) is 12.6. The minimum atomic E-state index is -0.798. The highest BCUT2D eigenvalue weighted by molar-refractivity contribution is 5.70. The number of allylic oxidation sites excluding steroid dienone is 8. The minimum absolute atomic E-state index is 0.0859. The van der Waals surface area contributed by atoms with Crippen LogP contribution in [0.25, 0.3) is 0 Å². The lowest BCUT2D eigenvalue weighted by molar-refractivity contribution is -0.161. The minimum Gasteiger partial charge on any atom is -0.462 e. The van der Waals surface area contributed by atoms with Gasteiger partial charge in [0.1, 0.15) is 6.61 Å². The van der Waals surface area contributed by atoms with E-state index in [4.69, 9.17) is 9.47 Å². The molecule has 0 fully saturated rings. The van der Waals surface area contributed by atoms with Crippen molar-refractivity contribution in [1.29, 1.82) is 0 Å². The zero-order chi connectivity index (χ0) is 37.1. The zero-order valence-electron chi connectivity index (χ0n) is 33.6. The van der Waals surface area contributed by atoms with Gasteiger partial charge in [-0.2, -0.15) is 0 Å². The molecule has 51 heavy (non-hydrogen) atoms. The third-order valence-corrected chi connectivity index (χ3v) is 9.38. The molecular formula is C46H82O5. The molecule has 0 unspecified atom stereocenters. The van der Waals surface area contributed by atoms with Crippen LogP contribution in [0.2, 0.25) is 0 Å². The fourth-order valence-electron chi connectivity index (χ4n) is 6.08. The van der Waals surface area contributed by atoms with E-state index in [1.54, 1.807) is 0 Å². The number of aliphatic hydroxyl groups excluding tert-OH is 1. The van der Waals surface area contributed by atoms with E-state index in [1.807, 2.05) is 0 Å². The fourth-order valence-corrected chi connectivity index (χ4v) is 6.08. The van der Waals surface area contributed by atoms with E-state index >= 15 is 0 Å². The van der Waals surface area contributed by atoms with Gasteiger partial charge in [-0.1, -0.05) is 197 Å². The Morgan fingerprint density at radius 3 is 1.24 bits per heavy atom. The molecule has 0 radical (unpaired) electrons. The van der Waals surface area contributed by atoms with Gasteiger partial charge in [0, 0.05) is 12.8 Å². The molecule has 1 N–H and O–H groups in total. The van der Waals surface area contributed by atoms with Crippen molar-refractivity contribution in [1.82, 2.24) is 0 Å². The summed E-state index contributed by atoms with van der Waals surface area (Å²) in [5, 5.41) is 9.57. The third-order valence-electron chi connectivity index (χ3n) is 9.38. The van der Waals surface area contributed by atoms with E-state index < -0.39 is 6.10 Å². The number of hydrogen-bond acceptors (Lipinski definition) is 5. The van der Waals surface area contributed by atoms with Gasteiger partial charge in [-0.25, -0.2) is 0 Å². The molecule has 0 aliphatic rings. The average molecular weight is 715 g/mol. The van der Waals surface area contributed by atoms with Crippen molar-refractivity contribution in [3.8, 4) is 0 Å². The standard InChI is InChI=1S/C46H82O5/c1-3-5-7-9-11-13-15-17-19-21-22-23-24-25-27-29-31-33-35-37-39-41-46(49)51-44(42-47)43-50-45(48)40-38-36-34-32-30-28-26-20-18-16-14-12-10-8-6-4-2/h19,21,23-24,27,29,33,35,44,47H,3-18,20,22,25-26,28,30-32,34,36-43H2,1-2H3/b21-19+,24-23+,29-27+,35-33+/t44-/m0/s1. The van der Waals surface area contributed by atoms with Gasteiger partial charge < -0.3 is 14.6 Å². The quantitative estimate of drug-likeness (QED) is 0.0390. The Hall–Kier alpha value is -2.14. The van der Waals surface area contributed by atoms with Crippen molar-refractivity contribution in [3.05, 3.63) is 48.6 Å². The van der Waals surface area contributed by atoms with Crippen LogP contribution < -0.4 is 0 Å². The zero-order valence-corrected chi connectivity index (χ0v) is 33.6. The van der Waals surface area contributed by atoms with Crippen LogP contribution >= 0.6 is 0 Å². The molecule has 0 aromatic carbocycles. The van der Waals surface area contributed by atoms with Crippen molar-refractivity contribution in [3.63, 3.8) is 0 Å². The topological polar surface area (TPSA) is 72.8 Å². The Labute approximate surface area is 316 Å². The molecule has 1 atom stereocenters. The predicted molar refractivity (Wildman–Crippen MR) is 219 cm³/mol. The van der Waals surface area contributed by atoms with Gasteiger partial charge in [-0.15, -0.1) is 0 Å². The largest absolute Gasteiger partial charge is 0.462 e. The Kier molecular flexibility index (Phi) is 40.5. The van der Waals surface area contributed by atoms with Crippen molar-refractivity contribution in [2.75, 3.05) is 13.2 Å². The highest BCUT2D eigenvalue weighted by atomic mass is 16.6. The molecule has 296 valence electrons. The smallest absolute Gasteiger partial charge is 0.306 e. The van der Waals surface area contributed by atoms with E-state index in [1.165, 1.54) is 135 Å². The lowest BCUT2D eigenvalue weighted by atomic mass is 10.0. The second-order valence-electron chi connectivity index (χ2n) is 14.4. The molecule has 5 nitrogen and oxygen atoms in total. The molecule has 0 saturated heterocycles. The first-order valence-corrected chi connectivity index (χ1v) is 21.7. The summed E-state index contributed by atoms with van der Waals surface area (Å²) in [4.78, 5) is 24.3. The number of aliphatic hydroxyl groups is 1. The van der Waals surface area contributed by atoms with Gasteiger partial charge in [0.2, 0.25) is 0 Å². The Morgan fingerprint density at radius 1 is 0.451 bits per heavy atom. The molecule has 5 heteroatoms. The number of carbonyl (C=O) groups is 2. The number of hydrogen-bond donors (Lipinski definition) is 1. The summed E-state index contributed by atoms with van der Waals surface area (Å²) in [6, 6.07) is 0. The van der Waals surface area contributed by atoms with E-state index in [2.05, 4.69) is 62.5 Å². The van der Waals surface area contributed by atoms with E-state index in [-0.39, 0.29) is 31.6 Å². The second kappa shape index (κ2) is 42.3. The van der Waals surface area contributed by atoms with Crippen LogP contribution in [0, 0.1) is 0 Å². The molecule has 0 aliphatic heterocycles. The van der Waals surface area contributed by atoms with Crippen molar-refractivity contribution in [2.24, 2.45) is 0 Å². The summed E-state index contributed by atoms with van der Waals surface area (Å²) in [5.74, 6) is -0.651. The summed E-state index contributed by atoms with van der Waals surface area (Å²) < 4.78 is 10.6. The first-order chi connectivity index (χ1) is 25.1. The SMILES string of the molecule is CCCCCCCCC/C=C/C/C=C/C/C=C/C/C=C/CCCC(=O)O[C@@H](CO)COC(=O)CCCCCCCCCCCCCCCCCC. The number of rotatable bonds is 39. The maximum absolute atomic E-state index is 12.2. The second-order valence-corrected chi connectivity index (χ2v) is 14.4. The first-order valence-electron chi connectivity index (χ1n) is 21.7. The lowest BCUT2D eigenvalue weighted by Gasteiger charge is -2.15. The maximum atomic E-state index is 12.2. The summed E-state index contributed by atoms with van der Waals surface area (Å²) in [5.41, 5.74) is 0. The monoisotopic (exact) mass is 715 g/mol. The molecule has 0 saturated carbocycles. The van der Waals surface area contributed by atoms with Crippen LogP contribution in [0.1, 0.15) is 213 Å². The Balaban J connectivity index is 3.63. The van der Waals surface area contributed by atoms with Crippen molar-refractivity contribution in [2.45, 2.75) is 219 Å². The van der Waals surface area contributed by atoms with E-state index in [0.29, 0.717) is 12.8 Å². The highest BCUT2D eigenvalue weighted by Gasteiger charge is 2.16. The number of ether oxygens (including phenoxy) is 2. The summed E-state index contributed by atoms with van der Waals surface area (Å²) in [7, 11) is 0. The Bertz CT molecular complexity index is 858. The molecule has 0 heterocycles. The van der Waals surface area contributed by atoms with Gasteiger partial charge in [-0.3, -0.25) is 9.59 Å². The van der Waals surface area contributed by atoms with Crippen LogP contribution in [-0.4, -0.2) is 36.4 Å². The van der Waals surface area contributed by atoms with Crippen LogP contribution in [0.5, 0.6) is 0 Å². The molecule has 0 aliphatic carbocycles. The fraction of sp³-hybridized carbons (Fsp3) is 0.783. The number of carbonyl (C=O) groups excluding carboxylic acids is 2. The molecule has 0 spiro atoms. The van der Waals surface area contributed by atoms with Gasteiger partial charge in [0.05, 0.1) is 6.61 Å². The summed E-state index contributed by atoms with van der Waals surface area (Å²) >= 11 is 0. The van der Waals surface area contributed by atoms with Gasteiger partial charge >= 0.3 is 11.9 Å². The molecule has 0 rings (SSSR count). The molecule has 0 aromatic rings. The van der Waals surface area contributed by atoms with Crippen LogP contribution in [0.4, 0.5) is 0 Å². The van der Waals surface area contributed by atoms with Crippen LogP contribution in [-0.2, 0) is 19.1 Å². The van der Waals surface area contributed by atoms with Crippen LogP contribution in [0.3, 0.4) is 0 Å². The van der Waals surface area contributed by atoms with Gasteiger partial charge in [0.15, 0.2) is 6.10 Å². The summed E-state index contributed by atoms with van der Waals surface area (Å²) in [6.07, 6.45) is 53.3. The van der Waals surface area contributed by atoms with Crippen molar-refractivity contribution < 1.29 is 24.2 Å².